The van der Waals surface area contributed by atoms with Crippen LogP contribution in [0, 0.1) is 0 Å². The second-order valence-electron chi connectivity index (χ2n) is 7.84. The van der Waals surface area contributed by atoms with Crippen LogP contribution in [0.1, 0.15) is 39.5 Å². The molecule has 0 amide bonds. The summed E-state index contributed by atoms with van der Waals surface area (Å²) in [4.78, 5) is 12.6. The van der Waals surface area contributed by atoms with Crippen LogP contribution in [0.15, 0.2) is 30.6 Å². The molecule has 8 nitrogen and oxygen atoms in total. The van der Waals surface area contributed by atoms with Crippen molar-refractivity contribution in [3.8, 4) is 11.1 Å². The van der Waals surface area contributed by atoms with Crippen LogP contribution in [-0.2, 0) is 11.3 Å². The molecule has 8 heteroatoms. The van der Waals surface area contributed by atoms with Gasteiger partial charge in [-0.15, -0.1) is 5.10 Å². The number of nitrogens with zero attached hydrogens (tertiary/aromatic N) is 5. The lowest BCUT2D eigenvalue weighted by atomic mass is 9.93. The fraction of sp³-hybridized carbons (Fsp3) is 0.455. The van der Waals surface area contributed by atoms with Gasteiger partial charge in [-0.3, -0.25) is 0 Å². The summed E-state index contributed by atoms with van der Waals surface area (Å²) in [5.74, 6) is 0.680. The molecule has 1 aliphatic rings. The molecule has 0 unspecified atom stereocenters. The van der Waals surface area contributed by atoms with Gasteiger partial charge in [0.2, 0.25) is 5.95 Å². The number of nitrogens with one attached hydrogen (secondary N) is 2. The molecule has 0 radical (unpaired) electrons. The van der Waals surface area contributed by atoms with E-state index >= 15 is 0 Å². The fourth-order valence-corrected chi connectivity index (χ4v) is 4.37. The number of fused-ring (bicyclic) bond motifs is 2. The van der Waals surface area contributed by atoms with Crippen LogP contribution in [0.5, 0.6) is 0 Å². The number of hydrogen-bond donors (Lipinski definition) is 2. The Kier molecular flexibility index (Phi) is 5.08. The second kappa shape index (κ2) is 8.02. The van der Waals surface area contributed by atoms with Crippen LogP contribution in [0.3, 0.4) is 0 Å². The van der Waals surface area contributed by atoms with E-state index in [4.69, 9.17) is 9.72 Å². The van der Waals surface area contributed by atoms with Gasteiger partial charge in [-0.25, -0.2) is 9.67 Å². The van der Waals surface area contributed by atoms with Gasteiger partial charge in [0, 0.05) is 42.5 Å². The summed E-state index contributed by atoms with van der Waals surface area (Å²) in [5, 5.41) is 12.9. The van der Waals surface area contributed by atoms with Crippen LogP contribution >= 0.6 is 0 Å². The van der Waals surface area contributed by atoms with Crippen molar-refractivity contribution < 1.29 is 4.74 Å². The van der Waals surface area contributed by atoms with Gasteiger partial charge in [-0.1, -0.05) is 11.3 Å². The maximum absolute atomic E-state index is 5.75. The molecule has 5 rings (SSSR count). The van der Waals surface area contributed by atoms with Gasteiger partial charge in [0.1, 0.15) is 11.2 Å². The van der Waals surface area contributed by atoms with E-state index in [0.29, 0.717) is 18.1 Å². The maximum Gasteiger partial charge on any atom is 0.224 e. The molecule has 0 spiro atoms. The number of aromatic amines is 1. The molecule has 0 aliphatic heterocycles. The van der Waals surface area contributed by atoms with Crippen molar-refractivity contribution in [3.05, 3.63) is 30.6 Å². The zero-order chi connectivity index (χ0) is 20.5. The lowest BCUT2D eigenvalue weighted by Gasteiger charge is -2.28. The highest BCUT2D eigenvalue weighted by Gasteiger charge is 2.22. The summed E-state index contributed by atoms with van der Waals surface area (Å²) >= 11 is 0. The van der Waals surface area contributed by atoms with E-state index in [1.165, 1.54) is 0 Å². The minimum Gasteiger partial charge on any atom is -0.379 e. The van der Waals surface area contributed by atoms with E-state index in [2.05, 4.69) is 51.6 Å². The van der Waals surface area contributed by atoms with Crippen molar-refractivity contribution in [2.75, 3.05) is 11.9 Å². The monoisotopic (exact) mass is 405 g/mol. The van der Waals surface area contributed by atoms with Crippen molar-refractivity contribution in [3.63, 3.8) is 0 Å². The average Bonchev–Trinajstić information content (AvgIpc) is 3.38. The number of rotatable bonds is 6. The van der Waals surface area contributed by atoms with E-state index < -0.39 is 0 Å². The van der Waals surface area contributed by atoms with Crippen molar-refractivity contribution in [2.24, 2.45) is 0 Å². The van der Waals surface area contributed by atoms with Crippen LogP contribution in [0.25, 0.3) is 33.2 Å². The summed E-state index contributed by atoms with van der Waals surface area (Å²) < 4.78 is 7.66. The van der Waals surface area contributed by atoms with Crippen molar-refractivity contribution in [2.45, 2.75) is 58.2 Å². The predicted molar refractivity (Wildman–Crippen MR) is 117 cm³/mol. The second-order valence-corrected chi connectivity index (χ2v) is 7.84. The van der Waals surface area contributed by atoms with E-state index in [0.717, 1.165) is 72.0 Å². The first-order valence-corrected chi connectivity index (χ1v) is 10.8. The first-order valence-electron chi connectivity index (χ1n) is 10.8. The van der Waals surface area contributed by atoms with Gasteiger partial charge in [-0.05, 0) is 57.2 Å². The highest BCUT2D eigenvalue weighted by Crippen LogP contribution is 2.30. The minimum absolute atomic E-state index is 0.401. The molecule has 30 heavy (non-hydrogen) atoms. The summed E-state index contributed by atoms with van der Waals surface area (Å²) in [6, 6.07) is 6.61. The summed E-state index contributed by atoms with van der Waals surface area (Å²) in [5.41, 5.74) is 4.96. The van der Waals surface area contributed by atoms with Crippen LogP contribution in [0.4, 0.5) is 5.95 Å². The third-order valence-corrected chi connectivity index (χ3v) is 5.97. The molecule has 1 aromatic carbocycles. The lowest BCUT2D eigenvalue weighted by Crippen LogP contribution is -2.30. The smallest absolute Gasteiger partial charge is 0.224 e. The first-order chi connectivity index (χ1) is 14.7. The molecular formula is C22H27N7O. The summed E-state index contributed by atoms with van der Waals surface area (Å²) in [7, 11) is 0. The van der Waals surface area contributed by atoms with Crippen molar-refractivity contribution in [1.82, 2.24) is 29.9 Å². The topological polar surface area (TPSA) is 93.5 Å². The average molecular weight is 406 g/mol. The van der Waals surface area contributed by atoms with Crippen LogP contribution < -0.4 is 5.32 Å². The van der Waals surface area contributed by atoms with Crippen molar-refractivity contribution in [1.29, 1.82) is 0 Å². The number of H-pyrrole nitrogens is 1. The summed E-state index contributed by atoms with van der Waals surface area (Å²) in [6.07, 6.45) is 8.65. The Balaban J connectivity index is 1.37. The number of ether oxygens (including phenoxy) is 1. The Labute approximate surface area is 175 Å². The maximum atomic E-state index is 5.75. The van der Waals surface area contributed by atoms with E-state index in [1.807, 2.05) is 23.1 Å². The zero-order valence-electron chi connectivity index (χ0n) is 17.4. The van der Waals surface area contributed by atoms with E-state index in [9.17, 15) is 0 Å². The number of aromatic nitrogens is 6. The summed E-state index contributed by atoms with van der Waals surface area (Å²) in [6.45, 7) is 5.71. The molecule has 0 bridgehead atoms. The zero-order valence-corrected chi connectivity index (χ0v) is 17.4. The molecule has 0 saturated heterocycles. The quantitative estimate of drug-likeness (QED) is 0.501. The van der Waals surface area contributed by atoms with E-state index in [1.54, 1.807) is 0 Å². The molecule has 0 atom stereocenters. The van der Waals surface area contributed by atoms with Gasteiger partial charge in [0.25, 0.3) is 0 Å². The number of aryl methyl sites for hydroxylation is 1. The third kappa shape index (κ3) is 3.52. The molecule has 4 aromatic rings. The molecule has 1 aliphatic carbocycles. The lowest BCUT2D eigenvalue weighted by molar-refractivity contribution is 0.0346. The van der Waals surface area contributed by atoms with Crippen LogP contribution in [0.2, 0.25) is 0 Å². The van der Waals surface area contributed by atoms with Gasteiger partial charge in [-0.2, -0.15) is 4.98 Å². The number of anilines is 1. The minimum atomic E-state index is 0.401. The van der Waals surface area contributed by atoms with Gasteiger partial charge in [0.05, 0.1) is 11.6 Å². The fourth-order valence-electron chi connectivity index (χ4n) is 4.37. The third-order valence-electron chi connectivity index (χ3n) is 5.97. The Morgan fingerprint density at radius 3 is 2.87 bits per heavy atom. The molecule has 3 heterocycles. The van der Waals surface area contributed by atoms with Crippen LogP contribution in [-0.4, -0.2) is 48.7 Å². The molecule has 2 N–H and O–H groups in total. The Morgan fingerprint density at radius 1 is 1.20 bits per heavy atom. The largest absolute Gasteiger partial charge is 0.379 e. The molecule has 1 fully saturated rings. The van der Waals surface area contributed by atoms with Crippen molar-refractivity contribution >= 4 is 28.0 Å². The number of hydrogen-bond acceptors (Lipinski definition) is 6. The normalized spacial score (nSPS) is 19.5. The first kappa shape index (κ1) is 19.0. The highest BCUT2D eigenvalue weighted by atomic mass is 16.5. The van der Waals surface area contributed by atoms with Gasteiger partial charge >= 0.3 is 0 Å². The highest BCUT2D eigenvalue weighted by molar-refractivity contribution is 5.95. The molecule has 1 saturated carbocycles. The molecular weight excluding hydrogens is 378 g/mol. The Morgan fingerprint density at radius 2 is 2.07 bits per heavy atom. The van der Waals surface area contributed by atoms with Gasteiger partial charge in [0.15, 0.2) is 0 Å². The van der Waals surface area contributed by atoms with Gasteiger partial charge < -0.3 is 15.0 Å². The SMILES string of the molecule is CCO[C@H]1CC[C@@H](Nc2ncc3c(-c4ccc5nnn(CC)c5c4)c[nH]c3n2)CC1. The standard InChI is InChI=1S/C22H27N7O/c1-3-29-20-11-14(5-10-19(20)27-28-29)17-12-23-21-18(17)13-24-22(26-21)25-15-6-8-16(9-7-15)30-4-2/h5,10-13,15-16H,3-4,6-9H2,1-2H3,(H2,23,24,25,26)/t15-,16+. The Hall–Kier alpha value is -3.00. The molecule has 3 aromatic heterocycles. The Bertz CT molecular complexity index is 1160. The van der Waals surface area contributed by atoms with E-state index in [-0.39, 0.29) is 0 Å². The predicted octanol–water partition coefficient (Wildman–Crippen LogP) is 4.15. The number of benzene rings is 1. The molecule has 156 valence electrons.